The highest BCUT2D eigenvalue weighted by atomic mass is 31.1. The Morgan fingerprint density at radius 1 is 0.737 bits per heavy atom. The first-order valence-corrected chi connectivity index (χ1v) is 10.1. The van der Waals surface area contributed by atoms with Crippen molar-refractivity contribution in [3.05, 3.63) is 23.5 Å². The summed E-state index contributed by atoms with van der Waals surface area (Å²) in [6, 6.07) is 0. The predicted octanol–water partition coefficient (Wildman–Crippen LogP) is 6.37. The molecule has 1 heteroatoms. The SMILES string of the molecule is C1=CC(P(C2CCCCC2)C2CCCCC2)=CCC1. The van der Waals surface area contributed by atoms with Gasteiger partial charge >= 0.3 is 0 Å². The average Bonchev–Trinajstić information content (AvgIpc) is 2.51. The van der Waals surface area contributed by atoms with Crippen LogP contribution < -0.4 is 0 Å². The van der Waals surface area contributed by atoms with Gasteiger partial charge in [0.05, 0.1) is 0 Å². The summed E-state index contributed by atoms with van der Waals surface area (Å²) in [6.45, 7) is 0. The van der Waals surface area contributed by atoms with Crippen LogP contribution >= 0.6 is 7.92 Å². The molecule has 0 aromatic heterocycles. The highest BCUT2D eigenvalue weighted by Gasteiger charge is 2.32. The van der Waals surface area contributed by atoms with E-state index in [1.807, 2.05) is 0 Å². The topological polar surface area (TPSA) is 0 Å². The van der Waals surface area contributed by atoms with E-state index in [0.29, 0.717) is 0 Å². The second-order valence-corrected chi connectivity index (χ2v) is 9.39. The van der Waals surface area contributed by atoms with Crippen molar-refractivity contribution in [2.45, 2.75) is 88.4 Å². The third-order valence-corrected chi connectivity index (χ3v) is 8.74. The minimum Gasteiger partial charge on any atom is -0.0836 e. The van der Waals surface area contributed by atoms with Crippen molar-refractivity contribution in [1.29, 1.82) is 0 Å². The lowest BCUT2D eigenvalue weighted by Gasteiger charge is -2.39. The summed E-state index contributed by atoms with van der Waals surface area (Å²) in [5, 5.41) is 1.79. The average molecular weight is 276 g/mol. The van der Waals surface area contributed by atoms with E-state index >= 15 is 0 Å². The van der Waals surface area contributed by atoms with Crippen LogP contribution in [0.15, 0.2) is 23.5 Å². The van der Waals surface area contributed by atoms with Gasteiger partial charge in [-0.15, -0.1) is 0 Å². The molecule has 3 aliphatic carbocycles. The minimum atomic E-state index is 0.159. The zero-order chi connectivity index (χ0) is 12.9. The van der Waals surface area contributed by atoms with Gasteiger partial charge in [-0.3, -0.25) is 0 Å². The van der Waals surface area contributed by atoms with Gasteiger partial charge < -0.3 is 0 Å². The van der Waals surface area contributed by atoms with E-state index in [0.717, 1.165) is 11.3 Å². The van der Waals surface area contributed by atoms with Crippen LogP contribution in [0.2, 0.25) is 0 Å². The molecule has 0 aromatic rings. The van der Waals surface area contributed by atoms with Gasteiger partial charge in [0, 0.05) is 0 Å². The van der Waals surface area contributed by atoms with E-state index in [4.69, 9.17) is 0 Å². The lowest BCUT2D eigenvalue weighted by atomic mass is 9.99. The van der Waals surface area contributed by atoms with E-state index < -0.39 is 0 Å². The lowest BCUT2D eigenvalue weighted by molar-refractivity contribution is 0.486. The van der Waals surface area contributed by atoms with Gasteiger partial charge in [0.25, 0.3) is 0 Å². The molecule has 0 aliphatic heterocycles. The van der Waals surface area contributed by atoms with Crippen molar-refractivity contribution in [3.8, 4) is 0 Å². The van der Waals surface area contributed by atoms with Crippen LogP contribution in [-0.2, 0) is 0 Å². The molecule has 0 heterocycles. The first-order chi connectivity index (χ1) is 9.45. The highest BCUT2D eigenvalue weighted by molar-refractivity contribution is 7.63. The Hall–Kier alpha value is -0.0900. The summed E-state index contributed by atoms with van der Waals surface area (Å²) < 4.78 is 0. The Bertz CT molecular complexity index is 312. The molecule has 0 spiro atoms. The molecule has 0 saturated heterocycles. The van der Waals surface area contributed by atoms with Gasteiger partial charge in [-0.25, -0.2) is 0 Å². The monoisotopic (exact) mass is 276 g/mol. The van der Waals surface area contributed by atoms with Crippen LogP contribution in [0.1, 0.15) is 77.0 Å². The lowest BCUT2D eigenvalue weighted by Crippen LogP contribution is -2.21. The molecule has 19 heavy (non-hydrogen) atoms. The van der Waals surface area contributed by atoms with E-state index in [1.165, 1.54) is 77.0 Å². The Labute approximate surface area is 120 Å². The number of allylic oxidation sites excluding steroid dienone is 4. The van der Waals surface area contributed by atoms with Crippen LogP contribution in [0, 0.1) is 0 Å². The molecule has 0 radical (unpaired) electrons. The first-order valence-electron chi connectivity index (χ1n) is 8.60. The summed E-state index contributed by atoms with van der Waals surface area (Å²) in [5.74, 6) is 0. The second-order valence-electron chi connectivity index (χ2n) is 6.60. The maximum atomic E-state index is 2.61. The van der Waals surface area contributed by atoms with Crippen LogP contribution in [0.4, 0.5) is 0 Å². The zero-order valence-electron chi connectivity index (χ0n) is 12.3. The molecule has 0 aromatic carbocycles. The number of rotatable bonds is 3. The number of hydrogen-bond donors (Lipinski definition) is 0. The van der Waals surface area contributed by atoms with Gasteiger partial charge in [-0.05, 0) is 55.2 Å². The summed E-state index contributed by atoms with van der Waals surface area (Å²) in [7, 11) is 0.159. The predicted molar refractivity (Wildman–Crippen MR) is 87.1 cm³/mol. The molecule has 0 N–H and O–H groups in total. The smallest absolute Gasteiger partial charge is 0.0167 e. The van der Waals surface area contributed by atoms with Crippen LogP contribution in [0.25, 0.3) is 0 Å². The van der Waals surface area contributed by atoms with E-state index in [2.05, 4.69) is 18.2 Å². The molecule has 0 nitrogen and oxygen atoms in total. The fourth-order valence-corrected chi connectivity index (χ4v) is 8.13. The molecular formula is C18H29P. The maximum absolute atomic E-state index is 2.61. The van der Waals surface area contributed by atoms with Crippen LogP contribution in [-0.4, -0.2) is 11.3 Å². The summed E-state index contributed by atoms with van der Waals surface area (Å²) in [4.78, 5) is 0. The van der Waals surface area contributed by atoms with Crippen LogP contribution in [0.3, 0.4) is 0 Å². The molecule has 2 saturated carbocycles. The van der Waals surface area contributed by atoms with Crippen molar-refractivity contribution in [2.24, 2.45) is 0 Å². The van der Waals surface area contributed by atoms with Gasteiger partial charge in [-0.2, -0.15) is 0 Å². The van der Waals surface area contributed by atoms with Crippen molar-refractivity contribution in [2.75, 3.05) is 0 Å². The molecule has 3 aliphatic rings. The quantitative estimate of drug-likeness (QED) is 0.525. The minimum absolute atomic E-state index is 0.159. The Morgan fingerprint density at radius 2 is 1.32 bits per heavy atom. The zero-order valence-corrected chi connectivity index (χ0v) is 13.2. The van der Waals surface area contributed by atoms with E-state index in [1.54, 1.807) is 5.31 Å². The molecule has 2 fully saturated rings. The van der Waals surface area contributed by atoms with Crippen LogP contribution in [0.5, 0.6) is 0 Å². The first kappa shape index (κ1) is 13.9. The fourth-order valence-electron chi connectivity index (χ4n) is 4.23. The molecule has 0 atom stereocenters. The van der Waals surface area contributed by atoms with Crippen molar-refractivity contribution >= 4 is 7.92 Å². The van der Waals surface area contributed by atoms with Gasteiger partial charge in [-0.1, -0.05) is 64.7 Å². The van der Waals surface area contributed by atoms with Crippen molar-refractivity contribution in [3.63, 3.8) is 0 Å². The molecule has 3 rings (SSSR count). The summed E-state index contributed by atoms with van der Waals surface area (Å²) in [5.41, 5.74) is 2.14. The highest BCUT2D eigenvalue weighted by Crippen LogP contribution is 2.61. The molecule has 0 unspecified atom stereocenters. The van der Waals surface area contributed by atoms with Gasteiger partial charge in [0.1, 0.15) is 0 Å². The Morgan fingerprint density at radius 3 is 1.79 bits per heavy atom. The third kappa shape index (κ3) is 3.52. The molecule has 0 bridgehead atoms. The summed E-state index contributed by atoms with van der Waals surface area (Å²) in [6.07, 6.45) is 25.3. The third-order valence-electron chi connectivity index (χ3n) is 5.21. The molecular weight excluding hydrogens is 247 g/mol. The Kier molecular flexibility index (Phi) is 5.16. The molecule has 106 valence electrons. The second kappa shape index (κ2) is 7.07. The summed E-state index contributed by atoms with van der Waals surface area (Å²) >= 11 is 0. The molecule has 0 amide bonds. The van der Waals surface area contributed by atoms with E-state index in [9.17, 15) is 0 Å². The van der Waals surface area contributed by atoms with Crippen molar-refractivity contribution < 1.29 is 0 Å². The number of hydrogen-bond acceptors (Lipinski definition) is 0. The van der Waals surface area contributed by atoms with Gasteiger partial charge in [0.2, 0.25) is 0 Å². The van der Waals surface area contributed by atoms with Gasteiger partial charge in [0.15, 0.2) is 0 Å². The largest absolute Gasteiger partial charge is 0.0836 e. The Balaban J connectivity index is 1.76. The maximum Gasteiger partial charge on any atom is -0.0167 e. The standard InChI is InChI=1S/C18H29P/c1-4-10-16(11-5-1)19(17-12-6-2-7-13-17)18-14-8-3-9-15-18/h4,10-11,17-18H,1-3,5-9,12-15H2. The van der Waals surface area contributed by atoms with Crippen molar-refractivity contribution in [1.82, 2.24) is 0 Å². The fraction of sp³-hybridized carbons (Fsp3) is 0.778. The normalized spacial score (nSPS) is 26.7. The van der Waals surface area contributed by atoms with E-state index in [-0.39, 0.29) is 7.92 Å².